The molecule has 0 amide bonds. The van der Waals surface area contributed by atoms with Gasteiger partial charge in [0.1, 0.15) is 11.5 Å². The van der Waals surface area contributed by atoms with Crippen LogP contribution in [0.25, 0.3) is 11.3 Å². The summed E-state index contributed by atoms with van der Waals surface area (Å²) in [6, 6.07) is 9.23. The molecular weight excluding hydrogens is 286 g/mol. The van der Waals surface area contributed by atoms with E-state index in [0.717, 1.165) is 17.0 Å². The number of hydrogen-bond acceptors (Lipinski definition) is 5. The maximum Gasteiger partial charge on any atom is 0.147 e. The Bertz CT molecular complexity index is 515. The SMILES string of the molecule is OCC(O)CSCc1cc(-c2ccc(Cl)cc2)no1. The van der Waals surface area contributed by atoms with Gasteiger partial charge in [0.25, 0.3) is 0 Å². The molecule has 0 saturated heterocycles. The van der Waals surface area contributed by atoms with Gasteiger partial charge in [0, 0.05) is 22.4 Å². The van der Waals surface area contributed by atoms with E-state index in [4.69, 9.17) is 21.2 Å². The van der Waals surface area contributed by atoms with Crippen LogP contribution >= 0.6 is 23.4 Å². The third-order valence-electron chi connectivity index (χ3n) is 2.46. The van der Waals surface area contributed by atoms with Gasteiger partial charge in [0.15, 0.2) is 0 Å². The summed E-state index contributed by atoms with van der Waals surface area (Å²) in [6.45, 7) is -0.223. The van der Waals surface area contributed by atoms with Crippen molar-refractivity contribution in [2.45, 2.75) is 11.9 Å². The van der Waals surface area contributed by atoms with Crippen molar-refractivity contribution in [1.29, 1.82) is 0 Å². The topological polar surface area (TPSA) is 66.5 Å². The molecule has 2 N–H and O–H groups in total. The predicted molar refractivity (Wildman–Crippen MR) is 76.2 cm³/mol. The van der Waals surface area contributed by atoms with Gasteiger partial charge < -0.3 is 14.7 Å². The fourth-order valence-corrected chi connectivity index (χ4v) is 2.44. The van der Waals surface area contributed by atoms with E-state index >= 15 is 0 Å². The highest BCUT2D eigenvalue weighted by Crippen LogP contribution is 2.23. The van der Waals surface area contributed by atoms with Gasteiger partial charge >= 0.3 is 0 Å². The van der Waals surface area contributed by atoms with Crippen molar-refractivity contribution in [3.05, 3.63) is 41.1 Å². The van der Waals surface area contributed by atoms with Crippen molar-refractivity contribution in [3.63, 3.8) is 0 Å². The van der Waals surface area contributed by atoms with Gasteiger partial charge in [-0.25, -0.2) is 0 Å². The molecule has 0 aliphatic rings. The molecule has 0 radical (unpaired) electrons. The van der Waals surface area contributed by atoms with E-state index in [2.05, 4.69) is 5.16 Å². The Morgan fingerprint density at radius 1 is 1.32 bits per heavy atom. The number of aliphatic hydroxyl groups excluding tert-OH is 2. The molecule has 0 aliphatic carbocycles. The van der Waals surface area contributed by atoms with Gasteiger partial charge in [-0.05, 0) is 12.1 Å². The maximum atomic E-state index is 9.22. The minimum Gasteiger partial charge on any atom is -0.394 e. The molecule has 0 aliphatic heterocycles. The Morgan fingerprint density at radius 2 is 2.05 bits per heavy atom. The lowest BCUT2D eigenvalue weighted by atomic mass is 10.1. The molecule has 1 aromatic carbocycles. The van der Waals surface area contributed by atoms with E-state index in [1.807, 2.05) is 18.2 Å². The van der Waals surface area contributed by atoms with Gasteiger partial charge in [-0.1, -0.05) is 28.9 Å². The van der Waals surface area contributed by atoms with Gasteiger partial charge in [0.2, 0.25) is 0 Å². The molecule has 102 valence electrons. The Balaban J connectivity index is 1.93. The molecule has 1 aromatic heterocycles. The molecule has 1 unspecified atom stereocenters. The number of aliphatic hydroxyl groups is 2. The number of halogens is 1. The first kappa shape index (κ1) is 14.4. The lowest BCUT2D eigenvalue weighted by Gasteiger charge is -2.04. The molecule has 0 bridgehead atoms. The summed E-state index contributed by atoms with van der Waals surface area (Å²) in [5.41, 5.74) is 1.70. The fraction of sp³-hybridized carbons (Fsp3) is 0.308. The van der Waals surface area contributed by atoms with Crippen molar-refractivity contribution in [2.75, 3.05) is 12.4 Å². The number of thioether (sulfide) groups is 1. The molecule has 0 spiro atoms. The second-order valence-electron chi connectivity index (χ2n) is 4.04. The van der Waals surface area contributed by atoms with Crippen LogP contribution in [0.2, 0.25) is 5.02 Å². The fourth-order valence-electron chi connectivity index (χ4n) is 1.49. The highest BCUT2D eigenvalue weighted by atomic mass is 35.5. The molecule has 4 nitrogen and oxygen atoms in total. The number of rotatable bonds is 6. The minimum atomic E-state index is -0.691. The summed E-state index contributed by atoms with van der Waals surface area (Å²) in [5, 5.41) is 22.6. The first-order valence-electron chi connectivity index (χ1n) is 5.77. The normalized spacial score (nSPS) is 12.6. The van der Waals surface area contributed by atoms with Crippen molar-refractivity contribution < 1.29 is 14.7 Å². The summed E-state index contributed by atoms with van der Waals surface area (Å²) < 4.78 is 5.22. The van der Waals surface area contributed by atoms with E-state index in [1.165, 1.54) is 11.8 Å². The second kappa shape index (κ2) is 6.96. The van der Waals surface area contributed by atoms with E-state index in [9.17, 15) is 5.11 Å². The summed E-state index contributed by atoms with van der Waals surface area (Å²) in [7, 11) is 0. The zero-order valence-corrected chi connectivity index (χ0v) is 11.7. The summed E-state index contributed by atoms with van der Waals surface area (Å²) >= 11 is 7.31. The van der Waals surface area contributed by atoms with Crippen LogP contribution in [-0.2, 0) is 5.75 Å². The molecular formula is C13H14ClNO3S. The van der Waals surface area contributed by atoms with Crippen molar-refractivity contribution >= 4 is 23.4 Å². The Morgan fingerprint density at radius 3 is 2.74 bits per heavy atom. The standard InChI is InChI=1S/C13H14ClNO3S/c14-10-3-1-9(2-4-10)13-5-12(18-15-13)8-19-7-11(17)6-16/h1-5,11,16-17H,6-8H2. The molecule has 1 atom stereocenters. The van der Waals surface area contributed by atoms with E-state index in [1.54, 1.807) is 12.1 Å². The molecule has 2 rings (SSSR count). The molecule has 2 aromatic rings. The van der Waals surface area contributed by atoms with Crippen LogP contribution in [0.15, 0.2) is 34.9 Å². The Kier molecular flexibility index (Phi) is 5.27. The van der Waals surface area contributed by atoms with Gasteiger partial charge in [-0.15, -0.1) is 0 Å². The average Bonchev–Trinajstić information content (AvgIpc) is 2.88. The predicted octanol–water partition coefficient (Wildman–Crippen LogP) is 2.58. The zero-order valence-electron chi connectivity index (χ0n) is 10.1. The largest absolute Gasteiger partial charge is 0.394 e. The smallest absolute Gasteiger partial charge is 0.147 e. The van der Waals surface area contributed by atoms with E-state index in [-0.39, 0.29) is 6.61 Å². The van der Waals surface area contributed by atoms with Crippen LogP contribution in [0.5, 0.6) is 0 Å². The third-order valence-corrected chi connectivity index (χ3v) is 3.83. The third kappa shape index (κ3) is 4.24. The first-order chi connectivity index (χ1) is 9.19. The molecule has 0 saturated carbocycles. The summed E-state index contributed by atoms with van der Waals surface area (Å²) in [6.07, 6.45) is -0.691. The van der Waals surface area contributed by atoms with Crippen LogP contribution in [0.3, 0.4) is 0 Å². The number of nitrogens with zero attached hydrogens (tertiary/aromatic N) is 1. The van der Waals surface area contributed by atoms with Gasteiger partial charge in [-0.2, -0.15) is 11.8 Å². The van der Waals surface area contributed by atoms with Crippen molar-refractivity contribution in [3.8, 4) is 11.3 Å². The van der Waals surface area contributed by atoms with Crippen LogP contribution in [0, 0.1) is 0 Å². The molecule has 1 heterocycles. The van der Waals surface area contributed by atoms with Crippen molar-refractivity contribution in [2.24, 2.45) is 0 Å². The minimum absolute atomic E-state index is 0.223. The van der Waals surface area contributed by atoms with Gasteiger partial charge in [-0.3, -0.25) is 0 Å². The summed E-state index contributed by atoms with van der Waals surface area (Å²) in [5.74, 6) is 1.81. The Labute approximate surface area is 120 Å². The number of aromatic nitrogens is 1. The monoisotopic (exact) mass is 299 g/mol. The maximum absolute atomic E-state index is 9.22. The number of hydrogen-bond donors (Lipinski definition) is 2. The van der Waals surface area contributed by atoms with E-state index in [0.29, 0.717) is 16.5 Å². The second-order valence-corrected chi connectivity index (χ2v) is 5.50. The molecule has 6 heteroatoms. The molecule has 0 fully saturated rings. The molecule has 19 heavy (non-hydrogen) atoms. The van der Waals surface area contributed by atoms with Gasteiger partial charge in [0.05, 0.1) is 18.5 Å². The van der Waals surface area contributed by atoms with Crippen LogP contribution in [0.1, 0.15) is 5.76 Å². The summed E-state index contributed by atoms with van der Waals surface area (Å²) in [4.78, 5) is 0. The quantitative estimate of drug-likeness (QED) is 0.858. The lowest BCUT2D eigenvalue weighted by Crippen LogP contribution is -2.14. The first-order valence-corrected chi connectivity index (χ1v) is 7.30. The van der Waals surface area contributed by atoms with Crippen LogP contribution in [-0.4, -0.2) is 33.8 Å². The van der Waals surface area contributed by atoms with Crippen LogP contribution < -0.4 is 0 Å². The highest BCUT2D eigenvalue weighted by Gasteiger charge is 2.08. The number of benzene rings is 1. The Hall–Kier alpha value is -1.01. The average molecular weight is 300 g/mol. The van der Waals surface area contributed by atoms with E-state index < -0.39 is 6.10 Å². The van der Waals surface area contributed by atoms with Crippen molar-refractivity contribution in [1.82, 2.24) is 5.16 Å². The zero-order chi connectivity index (χ0) is 13.7. The highest BCUT2D eigenvalue weighted by molar-refractivity contribution is 7.98. The lowest BCUT2D eigenvalue weighted by molar-refractivity contribution is 0.113. The van der Waals surface area contributed by atoms with Crippen LogP contribution in [0.4, 0.5) is 0 Å².